The Morgan fingerprint density at radius 2 is 1.73 bits per heavy atom. The van der Waals surface area contributed by atoms with Gasteiger partial charge in [0.25, 0.3) is 0 Å². The average Bonchev–Trinajstić information content (AvgIpc) is 3.00. The summed E-state index contributed by atoms with van der Waals surface area (Å²) < 4.78 is 47.8. The fourth-order valence-electron chi connectivity index (χ4n) is 4.78. The average molecular weight is 467 g/mol. The fraction of sp³-hybridized carbons (Fsp3) is 0.609. The molecule has 1 unspecified atom stereocenters. The first-order chi connectivity index (χ1) is 15.1. The van der Waals surface area contributed by atoms with Crippen molar-refractivity contribution in [3.8, 4) is 0 Å². The van der Waals surface area contributed by atoms with Crippen LogP contribution in [0.15, 0.2) is 18.3 Å². The van der Waals surface area contributed by atoms with Crippen molar-refractivity contribution in [3.05, 3.63) is 35.4 Å². The Morgan fingerprint density at radius 3 is 2.27 bits per heavy atom. The molecule has 1 saturated carbocycles. The molecule has 0 bridgehead atoms. The SMILES string of the molecule is Cc1cccn2c(C(C)(C)NC(=O)C3[C@H]4CN(C(=O)OC(C)(C)C)C[C@@H]34)nc(C(F)(F)F)c12. The number of nitrogens with one attached hydrogen (secondary N) is 1. The van der Waals surface area contributed by atoms with Crippen molar-refractivity contribution in [3.63, 3.8) is 0 Å². The Bertz CT molecular complexity index is 1100. The number of rotatable bonds is 3. The molecule has 2 fully saturated rings. The van der Waals surface area contributed by atoms with Gasteiger partial charge in [-0.05, 0) is 65.0 Å². The van der Waals surface area contributed by atoms with Crippen molar-refractivity contribution < 1.29 is 27.5 Å². The summed E-state index contributed by atoms with van der Waals surface area (Å²) in [4.78, 5) is 30.8. The van der Waals surface area contributed by atoms with Crippen LogP contribution in [0.3, 0.4) is 0 Å². The molecular formula is C23H29F3N4O3. The molecule has 2 aliphatic rings. The number of halogens is 3. The monoisotopic (exact) mass is 466 g/mol. The van der Waals surface area contributed by atoms with E-state index in [0.717, 1.165) is 0 Å². The van der Waals surface area contributed by atoms with Crippen LogP contribution in [0, 0.1) is 24.7 Å². The lowest BCUT2D eigenvalue weighted by molar-refractivity contribution is -0.139. The molecular weight excluding hydrogens is 437 g/mol. The summed E-state index contributed by atoms with van der Waals surface area (Å²) in [6.45, 7) is 11.1. The first-order valence-corrected chi connectivity index (χ1v) is 11.0. The van der Waals surface area contributed by atoms with Crippen molar-refractivity contribution in [1.29, 1.82) is 0 Å². The molecule has 2 amide bonds. The number of imidazole rings is 1. The van der Waals surface area contributed by atoms with Crippen molar-refractivity contribution in [2.75, 3.05) is 13.1 Å². The first-order valence-electron chi connectivity index (χ1n) is 11.0. The van der Waals surface area contributed by atoms with Crippen LogP contribution in [0.25, 0.3) is 5.52 Å². The van der Waals surface area contributed by atoms with E-state index in [4.69, 9.17) is 4.74 Å². The van der Waals surface area contributed by atoms with Gasteiger partial charge in [0.2, 0.25) is 5.91 Å². The highest BCUT2D eigenvalue weighted by Gasteiger charge is 2.61. The molecule has 4 rings (SSSR count). The number of aromatic nitrogens is 2. The van der Waals surface area contributed by atoms with Crippen LogP contribution in [-0.2, 0) is 21.2 Å². The van der Waals surface area contributed by atoms with Gasteiger partial charge in [0.1, 0.15) is 11.4 Å². The second kappa shape index (κ2) is 7.36. The van der Waals surface area contributed by atoms with Gasteiger partial charge in [0, 0.05) is 25.2 Å². The number of nitrogens with zero attached hydrogens (tertiary/aromatic N) is 3. The van der Waals surface area contributed by atoms with Crippen molar-refractivity contribution in [2.45, 2.75) is 58.9 Å². The van der Waals surface area contributed by atoms with Crippen molar-refractivity contribution in [1.82, 2.24) is 19.6 Å². The third kappa shape index (κ3) is 4.27. The molecule has 10 heteroatoms. The van der Waals surface area contributed by atoms with Crippen molar-refractivity contribution in [2.24, 2.45) is 17.8 Å². The zero-order valence-electron chi connectivity index (χ0n) is 19.6. The molecule has 3 atom stereocenters. The van der Waals surface area contributed by atoms with E-state index in [1.807, 2.05) is 0 Å². The Balaban J connectivity index is 1.49. The highest BCUT2D eigenvalue weighted by molar-refractivity contribution is 5.84. The van der Waals surface area contributed by atoms with Gasteiger partial charge >= 0.3 is 12.3 Å². The molecule has 3 heterocycles. The van der Waals surface area contributed by atoms with E-state index in [-0.39, 0.29) is 35.0 Å². The van der Waals surface area contributed by atoms with Crippen LogP contribution < -0.4 is 5.32 Å². The molecule has 7 nitrogen and oxygen atoms in total. The van der Waals surface area contributed by atoms with E-state index in [1.54, 1.807) is 58.6 Å². The lowest BCUT2D eigenvalue weighted by Gasteiger charge is -2.27. The number of hydrogen-bond donors (Lipinski definition) is 1. The van der Waals surface area contributed by atoms with E-state index < -0.39 is 29.1 Å². The maximum atomic E-state index is 13.7. The quantitative estimate of drug-likeness (QED) is 0.738. The van der Waals surface area contributed by atoms with Crippen LogP contribution in [0.1, 0.15) is 51.7 Å². The number of piperidine rings is 1. The molecule has 1 N–H and O–H groups in total. The van der Waals surface area contributed by atoms with E-state index in [9.17, 15) is 22.8 Å². The number of likely N-dealkylation sites (tertiary alicyclic amines) is 1. The topological polar surface area (TPSA) is 75.9 Å². The Labute approximate surface area is 190 Å². The van der Waals surface area contributed by atoms with Gasteiger partial charge in [-0.1, -0.05) is 6.07 Å². The normalized spacial score (nSPS) is 22.9. The Morgan fingerprint density at radius 1 is 1.12 bits per heavy atom. The van der Waals surface area contributed by atoms with E-state index in [0.29, 0.717) is 18.7 Å². The standard InChI is InChI=1S/C23H29F3N4O3/c1-12-8-7-9-30-16(12)17(23(24,25)26)27-19(30)22(5,6)28-18(31)15-13-10-29(11-14(13)15)20(32)33-21(2,3)4/h7-9,13-15H,10-11H2,1-6H3,(H,28,31)/t13-,14+,15?. The lowest BCUT2D eigenvalue weighted by Crippen LogP contribution is -2.45. The smallest absolute Gasteiger partial charge is 0.435 e. The summed E-state index contributed by atoms with van der Waals surface area (Å²) in [5, 5.41) is 2.90. The second-order valence-corrected chi connectivity index (χ2v) is 10.5. The molecule has 180 valence electrons. The largest absolute Gasteiger partial charge is 0.444 e. The predicted molar refractivity (Wildman–Crippen MR) is 114 cm³/mol. The number of carbonyl (C=O) groups excluding carboxylic acids is 2. The van der Waals surface area contributed by atoms with Crippen LogP contribution in [0.5, 0.6) is 0 Å². The number of hydrogen-bond acceptors (Lipinski definition) is 4. The predicted octanol–water partition coefficient (Wildman–Crippen LogP) is 4.13. The number of amides is 2. The molecule has 1 saturated heterocycles. The fourth-order valence-corrected chi connectivity index (χ4v) is 4.78. The van der Waals surface area contributed by atoms with Crippen LogP contribution in [-0.4, -0.2) is 45.0 Å². The zero-order valence-corrected chi connectivity index (χ0v) is 19.6. The second-order valence-electron chi connectivity index (χ2n) is 10.5. The molecule has 0 radical (unpaired) electrons. The summed E-state index contributed by atoms with van der Waals surface area (Å²) >= 11 is 0. The summed E-state index contributed by atoms with van der Waals surface area (Å²) in [6.07, 6.45) is -3.49. The molecule has 0 spiro atoms. The summed E-state index contributed by atoms with van der Waals surface area (Å²) in [6, 6.07) is 3.26. The minimum Gasteiger partial charge on any atom is -0.444 e. The van der Waals surface area contributed by atoms with Crippen molar-refractivity contribution >= 4 is 17.5 Å². The molecule has 0 aromatic carbocycles. The molecule has 2 aromatic heterocycles. The maximum Gasteiger partial charge on any atom is 0.435 e. The molecule has 33 heavy (non-hydrogen) atoms. The molecule has 1 aliphatic heterocycles. The van der Waals surface area contributed by atoms with Gasteiger partial charge in [0.05, 0.1) is 11.1 Å². The number of pyridine rings is 1. The van der Waals surface area contributed by atoms with Gasteiger partial charge in [-0.25, -0.2) is 9.78 Å². The highest BCUT2D eigenvalue weighted by Crippen LogP contribution is 2.52. The van der Waals surface area contributed by atoms with Gasteiger partial charge in [-0.2, -0.15) is 13.2 Å². The van der Waals surface area contributed by atoms with Crippen LogP contribution in [0.2, 0.25) is 0 Å². The maximum absolute atomic E-state index is 13.7. The van der Waals surface area contributed by atoms with E-state index >= 15 is 0 Å². The molecule has 2 aromatic rings. The number of alkyl halides is 3. The summed E-state index contributed by atoms with van der Waals surface area (Å²) in [5.74, 6) is -0.352. The van der Waals surface area contributed by atoms with Gasteiger partial charge in [-0.3, -0.25) is 4.79 Å². The Kier molecular flexibility index (Phi) is 5.22. The first kappa shape index (κ1) is 23.4. The highest BCUT2D eigenvalue weighted by atomic mass is 19.4. The van der Waals surface area contributed by atoms with Crippen LogP contribution in [0.4, 0.5) is 18.0 Å². The number of carbonyl (C=O) groups is 2. The van der Waals surface area contributed by atoms with Gasteiger partial charge in [-0.15, -0.1) is 0 Å². The third-order valence-corrected chi connectivity index (χ3v) is 6.28. The van der Waals surface area contributed by atoms with Gasteiger partial charge in [0.15, 0.2) is 5.69 Å². The number of ether oxygens (including phenoxy) is 1. The Hall–Kier alpha value is -2.78. The number of aryl methyl sites for hydroxylation is 1. The van der Waals surface area contributed by atoms with Gasteiger partial charge < -0.3 is 19.4 Å². The zero-order chi connectivity index (χ0) is 24.5. The van der Waals surface area contributed by atoms with E-state index in [1.165, 1.54) is 10.6 Å². The van der Waals surface area contributed by atoms with E-state index in [2.05, 4.69) is 10.3 Å². The van der Waals surface area contributed by atoms with Crippen LogP contribution >= 0.6 is 0 Å². The minimum atomic E-state index is -4.62. The number of fused-ring (bicyclic) bond motifs is 2. The molecule has 1 aliphatic carbocycles. The summed E-state index contributed by atoms with van der Waals surface area (Å²) in [7, 11) is 0. The summed E-state index contributed by atoms with van der Waals surface area (Å²) in [5.41, 5.74) is -2.26. The minimum absolute atomic E-state index is 0.0152. The third-order valence-electron chi connectivity index (χ3n) is 6.28. The lowest BCUT2D eigenvalue weighted by atomic mass is 10.0.